The molecule has 100 valence electrons. The second kappa shape index (κ2) is 6.81. The molecule has 5 nitrogen and oxygen atoms in total. The Kier molecular flexibility index (Phi) is 5.71. The molecule has 0 bridgehead atoms. The molecule has 2 atom stereocenters. The Morgan fingerprint density at radius 3 is 2.41 bits per heavy atom. The van der Waals surface area contributed by atoms with Gasteiger partial charge in [0.1, 0.15) is 0 Å². The average Bonchev–Trinajstić information content (AvgIpc) is 2.31. The number of hydrogen-bond donors (Lipinski definition) is 2. The largest absolute Gasteiger partial charge is 0.339 e. The summed E-state index contributed by atoms with van der Waals surface area (Å²) in [5.74, 6) is 6.41. The summed E-state index contributed by atoms with van der Waals surface area (Å²) in [5, 5.41) is 0. The molecule has 17 heavy (non-hydrogen) atoms. The summed E-state index contributed by atoms with van der Waals surface area (Å²) in [6.45, 7) is 9.47. The van der Waals surface area contributed by atoms with Gasteiger partial charge in [0.25, 0.3) is 0 Å². The zero-order chi connectivity index (χ0) is 12.8. The van der Waals surface area contributed by atoms with Crippen molar-refractivity contribution in [2.24, 2.45) is 10.8 Å². The van der Waals surface area contributed by atoms with E-state index < -0.39 is 0 Å². The maximum atomic E-state index is 5.58. The second-order valence-corrected chi connectivity index (χ2v) is 4.97. The summed E-state index contributed by atoms with van der Waals surface area (Å²) in [4.78, 5) is 9.19. The number of aliphatic imine (C=N–C) groups is 1. The van der Waals surface area contributed by atoms with E-state index in [0.29, 0.717) is 12.1 Å². The predicted octanol–water partition coefficient (Wildman–Crippen LogP) is 0.630. The molecular formula is C12H27N5. The molecular weight excluding hydrogens is 214 g/mol. The van der Waals surface area contributed by atoms with Gasteiger partial charge in [-0.3, -0.25) is 15.3 Å². The number of nitrogens with zero attached hydrogens (tertiary/aromatic N) is 3. The van der Waals surface area contributed by atoms with Crippen LogP contribution in [0.15, 0.2) is 4.99 Å². The first-order valence-corrected chi connectivity index (χ1v) is 6.58. The van der Waals surface area contributed by atoms with E-state index in [0.717, 1.165) is 38.4 Å². The van der Waals surface area contributed by atoms with Gasteiger partial charge in [0.15, 0.2) is 0 Å². The van der Waals surface area contributed by atoms with Crippen molar-refractivity contribution in [2.45, 2.75) is 45.7 Å². The number of rotatable bonds is 3. The van der Waals surface area contributed by atoms with Crippen molar-refractivity contribution in [2.75, 3.05) is 26.7 Å². The molecule has 1 aliphatic heterocycles. The van der Waals surface area contributed by atoms with Crippen molar-refractivity contribution in [3.63, 3.8) is 0 Å². The van der Waals surface area contributed by atoms with Crippen LogP contribution in [0.2, 0.25) is 0 Å². The van der Waals surface area contributed by atoms with Gasteiger partial charge in [0.2, 0.25) is 5.96 Å². The number of nitrogens with one attached hydrogen (secondary N) is 1. The van der Waals surface area contributed by atoms with Crippen LogP contribution in [0.5, 0.6) is 0 Å². The van der Waals surface area contributed by atoms with Crippen molar-refractivity contribution in [3.8, 4) is 0 Å². The minimum absolute atomic E-state index is 0.531. The Labute approximate surface area is 105 Å². The quantitative estimate of drug-likeness (QED) is 0.250. The Hall–Kier alpha value is -0.810. The summed E-state index contributed by atoms with van der Waals surface area (Å²) >= 11 is 0. The first-order chi connectivity index (χ1) is 8.10. The number of hydrogen-bond acceptors (Lipinski definition) is 3. The standard InChI is InChI=1S/C12H27N5/c1-5-6-7-14-12(15-13)17-8-10(2)16(4)11(3)9-17/h10-11H,5-9,13H2,1-4H3,(H,14,15). The summed E-state index contributed by atoms with van der Waals surface area (Å²) < 4.78 is 0. The number of hydrazine groups is 1. The minimum atomic E-state index is 0.531. The van der Waals surface area contributed by atoms with Gasteiger partial charge in [-0.25, -0.2) is 5.84 Å². The van der Waals surface area contributed by atoms with Gasteiger partial charge in [-0.05, 0) is 27.3 Å². The normalized spacial score (nSPS) is 27.4. The number of piperazine rings is 1. The van der Waals surface area contributed by atoms with Crippen molar-refractivity contribution >= 4 is 5.96 Å². The molecule has 0 aromatic rings. The molecule has 5 heteroatoms. The highest BCUT2D eigenvalue weighted by atomic mass is 15.4. The molecule has 1 fully saturated rings. The van der Waals surface area contributed by atoms with E-state index in [1.165, 1.54) is 0 Å². The van der Waals surface area contributed by atoms with E-state index in [-0.39, 0.29) is 0 Å². The van der Waals surface area contributed by atoms with Crippen molar-refractivity contribution in [3.05, 3.63) is 0 Å². The lowest BCUT2D eigenvalue weighted by Gasteiger charge is -2.43. The van der Waals surface area contributed by atoms with Crippen LogP contribution in [-0.2, 0) is 0 Å². The van der Waals surface area contributed by atoms with Gasteiger partial charge in [-0.1, -0.05) is 13.3 Å². The van der Waals surface area contributed by atoms with Crippen LogP contribution >= 0.6 is 0 Å². The van der Waals surface area contributed by atoms with Crippen molar-refractivity contribution < 1.29 is 0 Å². The molecule has 1 saturated heterocycles. The minimum Gasteiger partial charge on any atom is -0.339 e. The third-order valence-corrected chi connectivity index (χ3v) is 3.56. The number of likely N-dealkylation sites (N-methyl/N-ethyl adjacent to an activating group) is 1. The number of guanidine groups is 1. The van der Waals surface area contributed by atoms with E-state index in [1.54, 1.807) is 0 Å². The molecule has 1 heterocycles. The predicted molar refractivity (Wildman–Crippen MR) is 72.8 cm³/mol. The maximum Gasteiger partial charge on any atom is 0.208 e. The molecule has 1 aliphatic rings. The Bertz CT molecular complexity index is 241. The van der Waals surface area contributed by atoms with Crippen molar-refractivity contribution in [1.82, 2.24) is 15.2 Å². The van der Waals surface area contributed by atoms with Gasteiger partial charge in [0.05, 0.1) is 0 Å². The summed E-state index contributed by atoms with van der Waals surface area (Å²) in [5.41, 5.74) is 2.74. The van der Waals surface area contributed by atoms with Crippen LogP contribution in [0.25, 0.3) is 0 Å². The fraction of sp³-hybridized carbons (Fsp3) is 0.917. The molecule has 0 saturated carbocycles. The summed E-state index contributed by atoms with van der Waals surface area (Å²) in [6.07, 6.45) is 2.28. The monoisotopic (exact) mass is 241 g/mol. The highest BCUT2D eigenvalue weighted by Gasteiger charge is 2.27. The van der Waals surface area contributed by atoms with Crippen molar-refractivity contribution in [1.29, 1.82) is 0 Å². The van der Waals surface area contributed by atoms with Crippen LogP contribution in [-0.4, -0.2) is 54.5 Å². The fourth-order valence-corrected chi connectivity index (χ4v) is 2.16. The smallest absolute Gasteiger partial charge is 0.208 e. The molecule has 0 aromatic carbocycles. The summed E-state index contributed by atoms with van der Waals surface area (Å²) in [7, 11) is 2.18. The molecule has 0 radical (unpaired) electrons. The lowest BCUT2D eigenvalue weighted by molar-refractivity contribution is 0.0966. The van der Waals surface area contributed by atoms with Crippen LogP contribution < -0.4 is 11.3 Å². The van der Waals surface area contributed by atoms with E-state index in [1.807, 2.05) is 0 Å². The topological polar surface area (TPSA) is 56.9 Å². The summed E-state index contributed by atoms with van der Waals surface area (Å²) in [6, 6.07) is 1.06. The van der Waals surface area contributed by atoms with Gasteiger partial charge in [0, 0.05) is 31.7 Å². The van der Waals surface area contributed by atoms with Gasteiger partial charge in [-0.15, -0.1) is 0 Å². The van der Waals surface area contributed by atoms with Crippen LogP contribution in [0.3, 0.4) is 0 Å². The lowest BCUT2D eigenvalue weighted by atomic mass is 10.1. The van der Waals surface area contributed by atoms with Crippen LogP contribution in [0.4, 0.5) is 0 Å². The molecule has 2 unspecified atom stereocenters. The SMILES string of the molecule is CCCCN=C(NN)N1CC(C)N(C)C(C)C1. The third-order valence-electron chi connectivity index (χ3n) is 3.56. The Morgan fingerprint density at radius 1 is 1.35 bits per heavy atom. The zero-order valence-electron chi connectivity index (χ0n) is 11.6. The third kappa shape index (κ3) is 3.85. The van der Waals surface area contributed by atoms with Gasteiger partial charge >= 0.3 is 0 Å². The highest BCUT2D eigenvalue weighted by Crippen LogP contribution is 2.13. The molecule has 0 spiro atoms. The number of nitrogens with two attached hydrogens (primary N) is 1. The lowest BCUT2D eigenvalue weighted by Crippen LogP contribution is -2.59. The Morgan fingerprint density at radius 2 is 1.94 bits per heavy atom. The van der Waals surface area contributed by atoms with Crippen LogP contribution in [0.1, 0.15) is 33.6 Å². The van der Waals surface area contributed by atoms with E-state index in [4.69, 9.17) is 5.84 Å². The first-order valence-electron chi connectivity index (χ1n) is 6.58. The van der Waals surface area contributed by atoms with E-state index in [9.17, 15) is 0 Å². The van der Waals surface area contributed by atoms with E-state index in [2.05, 4.69) is 48.0 Å². The first kappa shape index (κ1) is 14.3. The average molecular weight is 241 g/mol. The van der Waals surface area contributed by atoms with Crippen LogP contribution in [0, 0.1) is 0 Å². The maximum absolute atomic E-state index is 5.58. The molecule has 0 amide bonds. The molecule has 3 N–H and O–H groups in total. The van der Waals surface area contributed by atoms with Gasteiger partial charge < -0.3 is 4.90 Å². The second-order valence-electron chi connectivity index (χ2n) is 4.97. The molecule has 0 aromatic heterocycles. The van der Waals surface area contributed by atoms with E-state index >= 15 is 0 Å². The fourth-order valence-electron chi connectivity index (χ4n) is 2.16. The Balaban J connectivity index is 2.60. The zero-order valence-corrected chi connectivity index (χ0v) is 11.6. The molecule has 0 aliphatic carbocycles. The highest BCUT2D eigenvalue weighted by molar-refractivity contribution is 5.79. The number of unbranched alkanes of at least 4 members (excludes halogenated alkanes) is 1. The van der Waals surface area contributed by atoms with Gasteiger partial charge in [-0.2, -0.15) is 0 Å². The molecule has 1 rings (SSSR count).